The molecular weight excluding hydrogens is 455 g/mol. The fourth-order valence-electron chi connectivity index (χ4n) is 2.64. The topological polar surface area (TPSA) is 59.9 Å². The third-order valence-electron chi connectivity index (χ3n) is 4.12. The van der Waals surface area contributed by atoms with Crippen LogP contribution >= 0.6 is 35.1 Å². The van der Waals surface area contributed by atoms with Crippen LogP contribution in [0.1, 0.15) is 24.5 Å². The van der Waals surface area contributed by atoms with E-state index in [1.54, 1.807) is 31.6 Å². The second-order valence-corrected chi connectivity index (χ2v) is 7.60. The summed E-state index contributed by atoms with van der Waals surface area (Å²) < 4.78 is 15.3. The van der Waals surface area contributed by atoms with Gasteiger partial charge in [0.25, 0.3) is 5.91 Å². The summed E-state index contributed by atoms with van der Waals surface area (Å²) in [5.41, 5.74) is 1.90. The first-order valence-electron chi connectivity index (χ1n) is 9.60. The lowest BCUT2D eigenvalue weighted by molar-refractivity contribution is -0.114. The van der Waals surface area contributed by atoms with Gasteiger partial charge in [0.05, 0.1) is 17.2 Å². The van der Waals surface area contributed by atoms with Crippen LogP contribution in [0, 0.1) is 11.8 Å². The minimum atomic E-state index is -0.283. The molecule has 1 N–H and O–H groups in total. The fraction of sp³-hybridized carbons (Fsp3) is 0.304. The van der Waals surface area contributed by atoms with Crippen molar-refractivity contribution in [2.24, 2.45) is 4.40 Å². The minimum Gasteiger partial charge on any atom is -0.493 e. The number of methoxy groups -OCH3 is 1. The SMILES string of the molecule is CCC#CCOc1ccc(CCNC(=O)/C(=N\SC)c2ccc(Cl)c(Cl)c2)cc1OC. The van der Waals surface area contributed by atoms with Gasteiger partial charge in [0, 0.05) is 24.8 Å². The highest BCUT2D eigenvalue weighted by atomic mass is 35.5. The molecule has 0 bridgehead atoms. The van der Waals surface area contributed by atoms with Crippen molar-refractivity contribution in [1.82, 2.24) is 5.32 Å². The molecule has 0 aliphatic carbocycles. The van der Waals surface area contributed by atoms with Crippen LogP contribution in [0.15, 0.2) is 40.8 Å². The van der Waals surface area contributed by atoms with E-state index >= 15 is 0 Å². The van der Waals surface area contributed by atoms with E-state index in [1.165, 1.54) is 11.9 Å². The lowest BCUT2D eigenvalue weighted by atomic mass is 10.1. The Labute approximate surface area is 197 Å². The molecule has 5 nitrogen and oxygen atoms in total. The van der Waals surface area contributed by atoms with Gasteiger partial charge in [-0.25, -0.2) is 4.40 Å². The molecule has 164 valence electrons. The van der Waals surface area contributed by atoms with E-state index in [0.29, 0.717) is 52.4 Å². The van der Waals surface area contributed by atoms with Crippen LogP contribution in [0.5, 0.6) is 11.5 Å². The Morgan fingerprint density at radius 1 is 1.13 bits per heavy atom. The summed E-state index contributed by atoms with van der Waals surface area (Å²) in [6.07, 6.45) is 3.19. The number of benzene rings is 2. The molecule has 2 aromatic carbocycles. The highest BCUT2D eigenvalue weighted by Crippen LogP contribution is 2.28. The van der Waals surface area contributed by atoms with Gasteiger partial charge in [-0.2, -0.15) is 0 Å². The third kappa shape index (κ3) is 7.70. The fourth-order valence-corrected chi connectivity index (χ4v) is 3.31. The quantitative estimate of drug-likeness (QED) is 0.304. The first-order valence-corrected chi connectivity index (χ1v) is 11.5. The lowest BCUT2D eigenvalue weighted by Crippen LogP contribution is -2.33. The van der Waals surface area contributed by atoms with Crippen LogP contribution < -0.4 is 14.8 Å². The van der Waals surface area contributed by atoms with Crippen molar-refractivity contribution in [3.8, 4) is 23.3 Å². The highest BCUT2D eigenvalue weighted by molar-refractivity contribution is 7.97. The molecule has 31 heavy (non-hydrogen) atoms. The number of halogens is 2. The van der Waals surface area contributed by atoms with E-state index in [1.807, 2.05) is 25.1 Å². The Morgan fingerprint density at radius 3 is 2.61 bits per heavy atom. The summed E-state index contributed by atoms with van der Waals surface area (Å²) in [6.45, 7) is 2.73. The zero-order valence-electron chi connectivity index (χ0n) is 17.6. The largest absolute Gasteiger partial charge is 0.493 e. The molecule has 0 atom stereocenters. The average Bonchev–Trinajstić information content (AvgIpc) is 2.77. The predicted molar refractivity (Wildman–Crippen MR) is 130 cm³/mol. The van der Waals surface area contributed by atoms with Crippen LogP contribution in [0.4, 0.5) is 0 Å². The summed E-state index contributed by atoms with van der Waals surface area (Å²) in [6, 6.07) is 10.7. The van der Waals surface area contributed by atoms with Crippen molar-refractivity contribution in [1.29, 1.82) is 0 Å². The van der Waals surface area contributed by atoms with Crippen LogP contribution in [-0.4, -0.2) is 38.1 Å². The molecule has 2 aromatic rings. The maximum atomic E-state index is 12.7. The molecular formula is C23H24Cl2N2O3S. The van der Waals surface area contributed by atoms with Crippen molar-refractivity contribution in [3.63, 3.8) is 0 Å². The minimum absolute atomic E-state index is 0.283. The third-order valence-corrected chi connectivity index (χ3v) is 5.22. The summed E-state index contributed by atoms with van der Waals surface area (Å²) in [5.74, 6) is 6.87. The van der Waals surface area contributed by atoms with Crippen molar-refractivity contribution < 1.29 is 14.3 Å². The highest BCUT2D eigenvalue weighted by Gasteiger charge is 2.15. The van der Waals surface area contributed by atoms with Gasteiger partial charge in [-0.05, 0) is 48.2 Å². The number of carbonyl (C=O) groups excluding carboxylic acids is 1. The van der Waals surface area contributed by atoms with Crippen LogP contribution in [0.2, 0.25) is 10.0 Å². The van der Waals surface area contributed by atoms with Crippen LogP contribution in [-0.2, 0) is 11.2 Å². The standard InChI is InChI=1S/C23H24Cl2N2O3S/c1-4-5-6-13-30-20-10-7-16(14-21(20)29-2)11-12-26-23(28)22(27-31-3)17-8-9-18(24)19(25)15-17/h7-10,14-15H,4,11-13H2,1-3H3,(H,26,28)/b27-22-. The Balaban J connectivity index is 2.00. The first kappa shape index (κ1) is 24.9. The zero-order chi connectivity index (χ0) is 22.6. The Morgan fingerprint density at radius 2 is 1.94 bits per heavy atom. The van der Waals surface area contributed by atoms with Gasteiger partial charge in [0.15, 0.2) is 11.5 Å². The number of amides is 1. The average molecular weight is 479 g/mol. The predicted octanol–water partition coefficient (Wildman–Crippen LogP) is 5.22. The van der Waals surface area contributed by atoms with Crippen molar-refractivity contribution in [2.45, 2.75) is 19.8 Å². The number of hydrogen-bond acceptors (Lipinski definition) is 5. The normalized spacial score (nSPS) is 10.8. The van der Waals surface area contributed by atoms with Gasteiger partial charge in [-0.1, -0.05) is 48.2 Å². The van der Waals surface area contributed by atoms with E-state index in [0.717, 1.165) is 12.0 Å². The second kappa shape index (κ2) is 13.2. The van der Waals surface area contributed by atoms with Crippen LogP contribution in [0.3, 0.4) is 0 Å². The van der Waals surface area contributed by atoms with Crippen molar-refractivity contribution in [3.05, 3.63) is 57.6 Å². The van der Waals surface area contributed by atoms with Crippen molar-refractivity contribution in [2.75, 3.05) is 26.5 Å². The van der Waals surface area contributed by atoms with Crippen molar-refractivity contribution >= 4 is 46.8 Å². The molecule has 0 saturated carbocycles. The molecule has 0 spiro atoms. The molecule has 0 aliphatic rings. The van der Waals surface area contributed by atoms with Gasteiger partial charge < -0.3 is 14.8 Å². The number of rotatable bonds is 9. The van der Waals surface area contributed by atoms with Gasteiger partial charge in [-0.3, -0.25) is 4.79 Å². The van der Waals surface area contributed by atoms with Gasteiger partial charge in [0.1, 0.15) is 12.3 Å². The summed E-state index contributed by atoms with van der Waals surface area (Å²) in [4.78, 5) is 12.7. The van der Waals surface area contributed by atoms with E-state index in [4.69, 9.17) is 32.7 Å². The second-order valence-electron chi connectivity index (χ2n) is 6.24. The number of nitrogens with zero attached hydrogens (tertiary/aromatic N) is 1. The molecule has 0 heterocycles. The first-order chi connectivity index (χ1) is 15.0. The van der Waals surface area contributed by atoms with E-state index in [9.17, 15) is 4.79 Å². The monoisotopic (exact) mass is 478 g/mol. The molecule has 1 amide bonds. The number of hydrogen-bond donors (Lipinski definition) is 1. The maximum Gasteiger partial charge on any atom is 0.271 e. The Kier molecular flexibility index (Phi) is 10.6. The van der Waals surface area contributed by atoms with E-state index in [2.05, 4.69) is 21.6 Å². The number of nitrogens with one attached hydrogen (secondary N) is 1. The number of carbonyl (C=O) groups is 1. The van der Waals surface area contributed by atoms with Gasteiger partial charge >= 0.3 is 0 Å². The molecule has 0 radical (unpaired) electrons. The molecule has 0 aromatic heterocycles. The van der Waals surface area contributed by atoms with E-state index in [-0.39, 0.29) is 5.91 Å². The summed E-state index contributed by atoms with van der Waals surface area (Å²) >= 11 is 13.2. The maximum absolute atomic E-state index is 12.7. The molecule has 0 fully saturated rings. The zero-order valence-corrected chi connectivity index (χ0v) is 20.0. The van der Waals surface area contributed by atoms with E-state index < -0.39 is 0 Å². The lowest BCUT2D eigenvalue weighted by Gasteiger charge is -2.12. The molecule has 0 unspecified atom stereocenters. The smallest absolute Gasteiger partial charge is 0.271 e. The Bertz CT molecular complexity index is 1000. The van der Waals surface area contributed by atoms with Crippen LogP contribution in [0.25, 0.3) is 0 Å². The molecule has 8 heteroatoms. The molecule has 0 saturated heterocycles. The summed E-state index contributed by atoms with van der Waals surface area (Å²) in [5, 5.41) is 3.69. The number of ether oxygens (including phenoxy) is 2. The summed E-state index contributed by atoms with van der Waals surface area (Å²) in [7, 11) is 1.59. The van der Waals surface area contributed by atoms with Gasteiger partial charge in [-0.15, -0.1) is 5.92 Å². The van der Waals surface area contributed by atoms with Gasteiger partial charge in [0.2, 0.25) is 0 Å². The molecule has 2 rings (SSSR count). The molecule has 0 aliphatic heterocycles. The Hall–Kier alpha value is -2.33.